The number of aliphatic hydroxyl groups is 1. The first-order chi connectivity index (χ1) is 9.63. The Kier molecular flexibility index (Phi) is 5.01. The molecule has 0 radical (unpaired) electrons. The molecule has 20 heavy (non-hydrogen) atoms. The number of benzene rings is 2. The number of rotatable bonds is 5. The van der Waals surface area contributed by atoms with Crippen molar-refractivity contribution in [3.63, 3.8) is 0 Å². The molecule has 0 heterocycles. The van der Waals surface area contributed by atoms with Crippen molar-refractivity contribution in [2.24, 2.45) is 0 Å². The topological polar surface area (TPSA) is 46.5 Å². The number of ketones is 1. The van der Waals surface area contributed by atoms with Crippen LogP contribution in [0.4, 0.5) is 0 Å². The maximum Gasteiger partial charge on any atom is 0.205 e. The Balaban J connectivity index is 2.21. The van der Waals surface area contributed by atoms with Crippen molar-refractivity contribution in [1.29, 1.82) is 0 Å². The van der Waals surface area contributed by atoms with Gasteiger partial charge in [0.15, 0.2) is 6.10 Å². The van der Waals surface area contributed by atoms with Gasteiger partial charge in [0.1, 0.15) is 10.8 Å². The summed E-state index contributed by atoms with van der Waals surface area (Å²) in [5.41, 5.74) is 0.463. The van der Waals surface area contributed by atoms with Crippen LogP contribution in [-0.4, -0.2) is 23.6 Å². The predicted octanol–water partition coefficient (Wildman–Crippen LogP) is 3.62. The van der Waals surface area contributed by atoms with Crippen LogP contribution in [-0.2, 0) is 0 Å². The maximum absolute atomic E-state index is 12.2. The van der Waals surface area contributed by atoms with Crippen molar-refractivity contribution in [3.8, 4) is 5.75 Å². The zero-order valence-corrected chi connectivity index (χ0v) is 11.9. The molecule has 1 unspecified atom stereocenters. The van der Waals surface area contributed by atoms with Crippen molar-refractivity contribution in [3.05, 3.63) is 64.1 Å². The van der Waals surface area contributed by atoms with Gasteiger partial charge in [-0.2, -0.15) is 0 Å². The van der Waals surface area contributed by atoms with Crippen molar-refractivity contribution in [2.45, 2.75) is 6.10 Å². The molecule has 0 aliphatic carbocycles. The molecular formula is C15H12Cl2O3. The molecule has 3 nitrogen and oxygen atoms in total. The van der Waals surface area contributed by atoms with Crippen molar-refractivity contribution in [1.82, 2.24) is 0 Å². The van der Waals surface area contributed by atoms with Crippen LogP contribution >= 0.6 is 23.2 Å². The van der Waals surface area contributed by atoms with Crippen LogP contribution in [0.2, 0.25) is 10.0 Å². The third-order valence-corrected chi connectivity index (χ3v) is 3.50. The minimum absolute atomic E-state index is 0.216. The molecule has 5 heteroatoms. The Morgan fingerprint density at radius 1 is 1.10 bits per heavy atom. The van der Waals surface area contributed by atoms with Gasteiger partial charge < -0.3 is 9.84 Å². The number of Topliss-reactive ketones (excluding diaryl/α,β-unsaturated/α-hetero) is 1. The van der Waals surface area contributed by atoms with E-state index < -0.39 is 12.7 Å². The molecule has 2 rings (SSSR count). The predicted molar refractivity (Wildman–Crippen MR) is 78.7 cm³/mol. The minimum atomic E-state index is -1.02. The van der Waals surface area contributed by atoms with E-state index in [0.29, 0.717) is 10.6 Å². The van der Waals surface area contributed by atoms with Crippen LogP contribution in [0.3, 0.4) is 0 Å². The lowest BCUT2D eigenvalue weighted by atomic mass is 10.1. The Morgan fingerprint density at radius 3 is 2.45 bits per heavy atom. The molecule has 0 fully saturated rings. The van der Waals surface area contributed by atoms with E-state index in [9.17, 15) is 9.90 Å². The molecule has 0 saturated carbocycles. The van der Waals surface area contributed by atoms with E-state index in [1.165, 1.54) is 0 Å². The van der Waals surface area contributed by atoms with Crippen LogP contribution in [0, 0.1) is 0 Å². The lowest BCUT2D eigenvalue weighted by molar-refractivity contribution is 0.0659. The van der Waals surface area contributed by atoms with Crippen molar-refractivity contribution in [2.75, 3.05) is 6.61 Å². The van der Waals surface area contributed by atoms with Crippen LogP contribution in [0.5, 0.6) is 5.75 Å². The first-order valence-electron chi connectivity index (χ1n) is 5.94. The number of hydrogen-bond acceptors (Lipinski definition) is 3. The molecule has 1 N–H and O–H groups in total. The number of ether oxygens (including phenoxy) is 1. The summed E-state index contributed by atoms with van der Waals surface area (Å²) in [4.78, 5) is 12.2. The average molecular weight is 311 g/mol. The molecule has 2 aromatic carbocycles. The highest BCUT2D eigenvalue weighted by atomic mass is 35.5. The van der Waals surface area contributed by atoms with E-state index >= 15 is 0 Å². The smallest absolute Gasteiger partial charge is 0.205 e. The molecule has 1 atom stereocenters. The van der Waals surface area contributed by atoms with Gasteiger partial charge >= 0.3 is 0 Å². The summed E-state index contributed by atoms with van der Waals surface area (Å²) < 4.78 is 5.48. The third-order valence-electron chi connectivity index (χ3n) is 2.70. The monoisotopic (exact) mass is 310 g/mol. The van der Waals surface area contributed by atoms with E-state index in [4.69, 9.17) is 27.9 Å². The highest BCUT2D eigenvalue weighted by Gasteiger charge is 2.22. The van der Waals surface area contributed by atoms with E-state index in [0.717, 1.165) is 0 Å². The second-order valence-corrected chi connectivity index (χ2v) is 4.86. The molecule has 0 spiro atoms. The standard InChI is InChI=1S/C15H12Cl2O3/c16-11-7-4-8-12(14(11)17)20-13(9-18)15(19)10-5-2-1-3-6-10/h1-8,13,18H,9H2. The summed E-state index contributed by atoms with van der Waals surface area (Å²) in [6.45, 7) is -0.448. The Labute approximate surface area is 126 Å². The molecule has 0 aliphatic heterocycles. The molecule has 0 aliphatic rings. The Bertz CT molecular complexity index is 599. The Hall–Kier alpha value is -1.55. The summed E-state index contributed by atoms with van der Waals surface area (Å²) in [5, 5.41) is 9.90. The van der Waals surface area contributed by atoms with E-state index in [-0.39, 0.29) is 16.6 Å². The molecule has 0 bridgehead atoms. The fraction of sp³-hybridized carbons (Fsp3) is 0.133. The number of halogens is 2. The largest absolute Gasteiger partial charge is 0.478 e. The van der Waals surface area contributed by atoms with Gasteiger partial charge in [0.2, 0.25) is 5.78 Å². The Morgan fingerprint density at radius 2 is 1.80 bits per heavy atom. The second-order valence-electron chi connectivity index (χ2n) is 4.07. The van der Waals surface area contributed by atoms with Crippen molar-refractivity contribution >= 4 is 29.0 Å². The van der Waals surface area contributed by atoms with Gasteiger partial charge in [-0.05, 0) is 12.1 Å². The summed E-state index contributed by atoms with van der Waals surface area (Å²) >= 11 is 11.9. The number of carbonyl (C=O) groups is 1. The van der Waals surface area contributed by atoms with E-state index in [2.05, 4.69) is 0 Å². The lowest BCUT2D eigenvalue weighted by Gasteiger charge is -2.17. The second kappa shape index (κ2) is 6.75. The van der Waals surface area contributed by atoms with Crippen molar-refractivity contribution < 1.29 is 14.6 Å². The first kappa shape index (κ1) is 14.9. The van der Waals surface area contributed by atoms with Gasteiger partial charge in [-0.25, -0.2) is 0 Å². The number of aliphatic hydroxyl groups excluding tert-OH is 1. The molecule has 104 valence electrons. The van der Waals surface area contributed by atoms with Crippen LogP contribution in [0.25, 0.3) is 0 Å². The van der Waals surface area contributed by atoms with Crippen LogP contribution in [0.15, 0.2) is 48.5 Å². The zero-order chi connectivity index (χ0) is 14.5. The quantitative estimate of drug-likeness (QED) is 0.858. The SMILES string of the molecule is O=C(c1ccccc1)C(CO)Oc1cccc(Cl)c1Cl. The minimum Gasteiger partial charge on any atom is -0.478 e. The fourth-order valence-electron chi connectivity index (χ4n) is 1.69. The maximum atomic E-state index is 12.2. The lowest BCUT2D eigenvalue weighted by Crippen LogP contribution is -2.31. The average Bonchev–Trinajstić information content (AvgIpc) is 2.49. The van der Waals surface area contributed by atoms with Gasteiger partial charge in [0.05, 0.1) is 11.6 Å². The summed E-state index contributed by atoms with van der Waals surface area (Å²) in [6, 6.07) is 13.5. The van der Waals surface area contributed by atoms with E-state index in [1.807, 2.05) is 0 Å². The van der Waals surface area contributed by atoms with Crippen LogP contribution in [0.1, 0.15) is 10.4 Å². The summed E-state index contributed by atoms with van der Waals surface area (Å²) in [6.07, 6.45) is -1.02. The highest BCUT2D eigenvalue weighted by molar-refractivity contribution is 6.42. The molecule has 2 aromatic rings. The number of carbonyl (C=O) groups excluding carboxylic acids is 1. The zero-order valence-electron chi connectivity index (χ0n) is 10.4. The van der Waals surface area contributed by atoms with E-state index in [1.54, 1.807) is 48.5 Å². The van der Waals surface area contributed by atoms with Gasteiger partial charge in [0.25, 0.3) is 0 Å². The fourth-order valence-corrected chi connectivity index (χ4v) is 2.03. The van der Waals surface area contributed by atoms with Crippen LogP contribution < -0.4 is 4.74 Å². The van der Waals surface area contributed by atoms with Gasteiger partial charge in [-0.15, -0.1) is 0 Å². The first-order valence-corrected chi connectivity index (χ1v) is 6.70. The highest BCUT2D eigenvalue weighted by Crippen LogP contribution is 2.32. The molecular weight excluding hydrogens is 299 g/mol. The third kappa shape index (κ3) is 3.31. The summed E-state index contributed by atoms with van der Waals surface area (Å²) in [5.74, 6) is -0.0494. The van der Waals surface area contributed by atoms with Gasteiger partial charge in [-0.3, -0.25) is 4.79 Å². The summed E-state index contributed by atoms with van der Waals surface area (Å²) in [7, 11) is 0. The molecule has 0 aromatic heterocycles. The molecule has 0 saturated heterocycles. The van der Waals surface area contributed by atoms with Gasteiger partial charge in [-0.1, -0.05) is 59.6 Å². The number of hydrogen-bond donors (Lipinski definition) is 1. The van der Waals surface area contributed by atoms with Gasteiger partial charge in [0, 0.05) is 5.56 Å². The normalized spacial score (nSPS) is 11.9. The molecule has 0 amide bonds.